The molecule has 0 aliphatic carbocycles. The van der Waals surface area contributed by atoms with Crippen LogP contribution in [0.4, 0.5) is 0 Å². The summed E-state index contributed by atoms with van der Waals surface area (Å²) in [6, 6.07) is 5.10. The van der Waals surface area contributed by atoms with Crippen LogP contribution in [0.5, 0.6) is 0 Å². The molecule has 0 aliphatic rings. The number of aryl methyl sites for hydroxylation is 2. The van der Waals surface area contributed by atoms with Crippen molar-refractivity contribution in [2.45, 2.75) is 20.8 Å². The lowest BCUT2D eigenvalue weighted by atomic mass is 10.1. The first-order valence-electron chi connectivity index (χ1n) is 5.35. The molecular weight excluding hydrogens is 216 g/mol. The summed E-state index contributed by atoms with van der Waals surface area (Å²) in [7, 11) is 0. The smallest absolute Gasteiger partial charge is 0.335 e. The average Bonchev–Trinajstić information content (AvgIpc) is 2.60. The van der Waals surface area contributed by atoms with Gasteiger partial charge in [0.2, 0.25) is 0 Å². The third-order valence-electron chi connectivity index (χ3n) is 2.96. The van der Waals surface area contributed by atoms with Crippen LogP contribution in [-0.2, 0) is 0 Å². The molecular formula is C13H14N2O2. The highest BCUT2D eigenvalue weighted by atomic mass is 16.4. The minimum Gasteiger partial charge on any atom is -0.478 e. The topological polar surface area (TPSA) is 55.1 Å². The molecule has 0 spiro atoms. The fourth-order valence-electron chi connectivity index (χ4n) is 1.80. The Labute approximate surface area is 99.5 Å². The van der Waals surface area contributed by atoms with E-state index >= 15 is 0 Å². The first kappa shape index (κ1) is 11.4. The Kier molecular flexibility index (Phi) is 2.71. The van der Waals surface area contributed by atoms with Crippen LogP contribution < -0.4 is 0 Å². The van der Waals surface area contributed by atoms with Gasteiger partial charge in [-0.2, -0.15) is 0 Å². The van der Waals surface area contributed by atoms with Gasteiger partial charge >= 0.3 is 5.97 Å². The SMILES string of the molecule is Cc1cc(C(=O)O)ccc1-n1cnc(C)c1C. The van der Waals surface area contributed by atoms with Crippen LogP contribution in [0, 0.1) is 20.8 Å². The van der Waals surface area contributed by atoms with Gasteiger partial charge in [-0.25, -0.2) is 9.78 Å². The van der Waals surface area contributed by atoms with Crippen molar-refractivity contribution >= 4 is 5.97 Å². The number of hydrogen-bond donors (Lipinski definition) is 1. The number of benzene rings is 1. The Balaban J connectivity index is 2.54. The van der Waals surface area contributed by atoms with Crippen LogP contribution in [-0.4, -0.2) is 20.6 Å². The number of carboxylic acids is 1. The summed E-state index contributed by atoms with van der Waals surface area (Å²) in [5.41, 5.74) is 4.24. The first-order valence-corrected chi connectivity index (χ1v) is 5.35. The molecule has 0 aliphatic heterocycles. The molecule has 2 rings (SSSR count). The van der Waals surface area contributed by atoms with E-state index in [0.29, 0.717) is 5.56 Å². The molecule has 0 saturated carbocycles. The molecule has 4 nitrogen and oxygen atoms in total. The summed E-state index contributed by atoms with van der Waals surface area (Å²) in [5.74, 6) is -0.904. The van der Waals surface area contributed by atoms with Gasteiger partial charge < -0.3 is 9.67 Å². The highest BCUT2D eigenvalue weighted by Crippen LogP contribution is 2.19. The summed E-state index contributed by atoms with van der Waals surface area (Å²) in [6.07, 6.45) is 1.76. The normalized spacial score (nSPS) is 10.5. The number of aromatic carboxylic acids is 1. The average molecular weight is 230 g/mol. The number of nitrogens with zero attached hydrogens (tertiary/aromatic N) is 2. The van der Waals surface area contributed by atoms with Gasteiger partial charge in [0.25, 0.3) is 0 Å². The molecule has 2 aromatic rings. The van der Waals surface area contributed by atoms with Crippen molar-refractivity contribution in [3.63, 3.8) is 0 Å². The number of aromatic nitrogens is 2. The van der Waals surface area contributed by atoms with Gasteiger partial charge in [-0.15, -0.1) is 0 Å². The maximum atomic E-state index is 10.9. The first-order chi connectivity index (χ1) is 8.00. The maximum absolute atomic E-state index is 10.9. The number of hydrogen-bond acceptors (Lipinski definition) is 2. The Morgan fingerprint density at radius 1 is 1.29 bits per heavy atom. The van der Waals surface area contributed by atoms with E-state index in [1.165, 1.54) is 0 Å². The zero-order chi connectivity index (χ0) is 12.6. The summed E-state index contributed by atoms with van der Waals surface area (Å²) in [6.45, 7) is 5.84. The number of carbonyl (C=O) groups is 1. The quantitative estimate of drug-likeness (QED) is 0.862. The highest BCUT2D eigenvalue weighted by molar-refractivity contribution is 5.88. The Morgan fingerprint density at radius 2 is 2.00 bits per heavy atom. The lowest BCUT2D eigenvalue weighted by molar-refractivity contribution is 0.0697. The lowest BCUT2D eigenvalue weighted by Gasteiger charge is -2.09. The molecule has 0 fully saturated rings. The fourth-order valence-corrected chi connectivity index (χ4v) is 1.80. The van der Waals surface area contributed by atoms with Crippen molar-refractivity contribution in [2.75, 3.05) is 0 Å². The molecule has 0 atom stereocenters. The molecule has 1 heterocycles. The second kappa shape index (κ2) is 4.05. The Morgan fingerprint density at radius 3 is 2.47 bits per heavy atom. The minimum atomic E-state index is -0.904. The molecule has 4 heteroatoms. The number of imidazole rings is 1. The zero-order valence-corrected chi connectivity index (χ0v) is 10.1. The molecule has 0 bridgehead atoms. The van der Waals surface area contributed by atoms with Crippen LogP contribution >= 0.6 is 0 Å². The molecule has 0 amide bonds. The summed E-state index contributed by atoms with van der Waals surface area (Å²) in [4.78, 5) is 15.1. The van der Waals surface area contributed by atoms with Gasteiger partial charge in [-0.1, -0.05) is 0 Å². The van der Waals surface area contributed by atoms with Crippen LogP contribution in [0.15, 0.2) is 24.5 Å². The largest absolute Gasteiger partial charge is 0.478 e. The highest BCUT2D eigenvalue weighted by Gasteiger charge is 2.09. The van der Waals surface area contributed by atoms with Crippen molar-refractivity contribution in [1.29, 1.82) is 0 Å². The van der Waals surface area contributed by atoms with Crippen LogP contribution in [0.3, 0.4) is 0 Å². The van der Waals surface area contributed by atoms with Crippen LogP contribution in [0.2, 0.25) is 0 Å². The zero-order valence-electron chi connectivity index (χ0n) is 10.1. The van der Waals surface area contributed by atoms with Crippen molar-refractivity contribution in [2.24, 2.45) is 0 Å². The monoisotopic (exact) mass is 230 g/mol. The molecule has 0 unspecified atom stereocenters. The van der Waals surface area contributed by atoms with Gasteiger partial charge in [-0.05, 0) is 44.5 Å². The van der Waals surface area contributed by atoms with Crippen molar-refractivity contribution in [3.8, 4) is 5.69 Å². The fraction of sp³-hybridized carbons (Fsp3) is 0.231. The van der Waals surface area contributed by atoms with Gasteiger partial charge in [-0.3, -0.25) is 0 Å². The lowest BCUT2D eigenvalue weighted by Crippen LogP contribution is -2.02. The molecule has 0 saturated heterocycles. The molecule has 1 aromatic heterocycles. The Bertz CT molecular complexity index is 585. The van der Waals surface area contributed by atoms with Gasteiger partial charge in [0.15, 0.2) is 0 Å². The maximum Gasteiger partial charge on any atom is 0.335 e. The van der Waals surface area contributed by atoms with E-state index in [2.05, 4.69) is 4.98 Å². The second-order valence-electron chi connectivity index (χ2n) is 4.09. The third kappa shape index (κ3) is 1.93. The van der Waals surface area contributed by atoms with Crippen LogP contribution in [0.25, 0.3) is 5.69 Å². The summed E-state index contributed by atoms with van der Waals surface area (Å²) in [5, 5.41) is 8.91. The van der Waals surface area contributed by atoms with E-state index in [4.69, 9.17) is 5.11 Å². The molecule has 17 heavy (non-hydrogen) atoms. The van der Waals surface area contributed by atoms with Gasteiger partial charge in [0.05, 0.1) is 17.6 Å². The van der Waals surface area contributed by atoms with E-state index in [-0.39, 0.29) is 0 Å². The number of rotatable bonds is 2. The number of carboxylic acid groups (broad SMARTS) is 1. The Hall–Kier alpha value is -2.10. The van der Waals surface area contributed by atoms with Gasteiger partial charge in [0.1, 0.15) is 0 Å². The van der Waals surface area contributed by atoms with Crippen molar-refractivity contribution in [3.05, 3.63) is 47.0 Å². The van der Waals surface area contributed by atoms with E-state index in [0.717, 1.165) is 22.6 Å². The predicted octanol–water partition coefficient (Wildman–Crippen LogP) is 2.50. The van der Waals surface area contributed by atoms with E-state index in [9.17, 15) is 4.79 Å². The van der Waals surface area contributed by atoms with E-state index < -0.39 is 5.97 Å². The molecule has 1 N–H and O–H groups in total. The standard InChI is InChI=1S/C13H14N2O2/c1-8-6-11(13(16)17)4-5-12(8)15-7-14-9(2)10(15)3/h4-7H,1-3H3,(H,16,17). The second-order valence-corrected chi connectivity index (χ2v) is 4.09. The van der Waals surface area contributed by atoms with Gasteiger partial charge in [0, 0.05) is 11.4 Å². The van der Waals surface area contributed by atoms with Crippen molar-refractivity contribution in [1.82, 2.24) is 9.55 Å². The minimum absolute atomic E-state index is 0.306. The molecule has 0 radical (unpaired) electrons. The molecule has 1 aromatic carbocycles. The van der Waals surface area contributed by atoms with E-state index in [1.54, 1.807) is 18.5 Å². The summed E-state index contributed by atoms with van der Waals surface area (Å²) >= 11 is 0. The van der Waals surface area contributed by atoms with Crippen LogP contribution in [0.1, 0.15) is 27.3 Å². The van der Waals surface area contributed by atoms with Crippen molar-refractivity contribution < 1.29 is 9.90 Å². The third-order valence-corrected chi connectivity index (χ3v) is 2.96. The molecule has 88 valence electrons. The summed E-state index contributed by atoms with van der Waals surface area (Å²) < 4.78 is 1.97. The predicted molar refractivity (Wildman–Crippen MR) is 64.7 cm³/mol. The van der Waals surface area contributed by atoms with E-state index in [1.807, 2.05) is 31.4 Å².